The number of fused-ring (bicyclic) bond motifs is 1. The molecule has 0 atom stereocenters. The number of rotatable bonds is 2. The smallest absolute Gasteiger partial charge is 0.141 e. The molecule has 0 radical (unpaired) electrons. The second-order valence-corrected chi connectivity index (χ2v) is 4.55. The number of nitrogens with one attached hydrogen (secondary N) is 1. The van der Waals surface area contributed by atoms with Crippen LogP contribution in [0.3, 0.4) is 0 Å². The molecule has 1 aliphatic rings. The molecule has 0 spiro atoms. The molecule has 2 aromatic rings. The summed E-state index contributed by atoms with van der Waals surface area (Å²) in [5.74, 6) is 0. The van der Waals surface area contributed by atoms with Crippen molar-refractivity contribution in [3.63, 3.8) is 0 Å². The van der Waals surface area contributed by atoms with Gasteiger partial charge in [-0.2, -0.15) is 5.26 Å². The van der Waals surface area contributed by atoms with Crippen LogP contribution in [0.4, 0.5) is 0 Å². The van der Waals surface area contributed by atoms with Crippen LogP contribution in [-0.4, -0.2) is 22.6 Å². The second-order valence-electron chi connectivity index (χ2n) is 4.55. The maximum atomic E-state index is 9.12. The highest BCUT2D eigenvalue weighted by Crippen LogP contribution is 2.35. The lowest BCUT2D eigenvalue weighted by molar-refractivity contribution is 0.240. The number of hydrogen-bond acceptors (Lipinski definition) is 3. The monoisotopic (exact) mass is 226 g/mol. The molecule has 3 rings (SSSR count). The van der Waals surface area contributed by atoms with Gasteiger partial charge in [-0.1, -0.05) is 0 Å². The Kier molecular flexibility index (Phi) is 2.34. The van der Waals surface area contributed by atoms with Crippen LogP contribution >= 0.6 is 0 Å². The minimum atomic E-state index is 0.479. The third-order valence-electron chi connectivity index (χ3n) is 3.62. The van der Waals surface area contributed by atoms with E-state index in [9.17, 15) is 0 Å². The van der Waals surface area contributed by atoms with E-state index in [0.717, 1.165) is 29.4 Å². The first-order valence-corrected chi connectivity index (χ1v) is 5.86. The minimum absolute atomic E-state index is 0.479. The molecule has 0 aliphatic heterocycles. The zero-order chi connectivity index (χ0) is 11.8. The van der Waals surface area contributed by atoms with Crippen LogP contribution in [0.15, 0.2) is 24.5 Å². The molecule has 4 nitrogen and oxygen atoms in total. The fourth-order valence-corrected chi connectivity index (χ4v) is 2.50. The van der Waals surface area contributed by atoms with E-state index in [1.54, 1.807) is 6.20 Å². The van der Waals surface area contributed by atoms with Crippen molar-refractivity contribution in [3.8, 4) is 6.07 Å². The molecule has 86 valence electrons. The number of nitriles is 1. The third-order valence-corrected chi connectivity index (χ3v) is 3.62. The summed E-state index contributed by atoms with van der Waals surface area (Å²) in [4.78, 5) is 4.39. The first kappa shape index (κ1) is 10.3. The van der Waals surface area contributed by atoms with Gasteiger partial charge in [-0.05, 0) is 32.0 Å². The van der Waals surface area contributed by atoms with E-state index in [0.29, 0.717) is 12.1 Å². The van der Waals surface area contributed by atoms with Crippen LogP contribution in [-0.2, 0) is 0 Å². The van der Waals surface area contributed by atoms with Gasteiger partial charge >= 0.3 is 0 Å². The van der Waals surface area contributed by atoms with Gasteiger partial charge in [-0.15, -0.1) is 0 Å². The van der Waals surface area contributed by atoms with Gasteiger partial charge in [0.25, 0.3) is 0 Å². The van der Waals surface area contributed by atoms with Gasteiger partial charge in [0, 0.05) is 29.9 Å². The predicted molar refractivity (Wildman–Crippen MR) is 65.6 cm³/mol. The van der Waals surface area contributed by atoms with Gasteiger partial charge < -0.3 is 9.88 Å². The van der Waals surface area contributed by atoms with Crippen molar-refractivity contribution >= 4 is 11.0 Å². The van der Waals surface area contributed by atoms with Crippen molar-refractivity contribution in [2.75, 3.05) is 7.05 Å². The first-order chi connectivity index (χ1) is 8.33. The largest absolute Gasteiger partial charge is 0.328 e. The molecule has 17 heavy (non-hydrogen) atoms. The van der Waals surface area contributed by atoms with Crippen LogP contribution < -0.4 is 5.32 Å². The lowest BCUT2D eigenvalue weighted by atomic mass is 9.87. The van der Waals surface area contributed by atoms with Crippen molar-refractivity contribution in [1.29, 1.82) is 5.26 Å². The van der Waals surface area contributed by atoms with E-state index in [-0.39, 0.29) is 0 Å². The highest BCUT2D eigenvalue weighted by Gasteiger charge is 2.30. The van der Waals surface area contributed by atoms with E-state index in [4.69, 9.17) is 5.26 Å². The zero-order valence-electron chi connectivity index (χ0n) is 9.72. The topological polar surface area (TPSA) is 53.6 Å². The van der Waals surface area contributed by atoms with Gasteiger partial charge in [0.2, 0.25) is 0 Å². The van der Waals surface area contributed by atoms with Crippen LogP contribution in [0, 0.1) is 11.3 Å². The molecular weight excluding hydrogens is 212 g/mol. The fraction of sp³-hybridized carbons (Fsp3) is 0.385. The van der Waals surface area contributed by atoms with Crippen LogP contribution in [0.5, 0.6) is 0 Å². The molecule has 0 aromatic carbocycles. The van der Waals surface area contributed by atoms with Crippen LogP contribution in [0.2, 0.25) is 0 Å². The molecule has 1 fully saturated rings. The Morgan fingerprint density at radius 1 is 1.53 bits per heavy atom. The Morgan fingerprint density at radius 3 is 3.06 bits per heavy atom. The first-order valence-electron chi connectivity index (χ1n) is 5.86. The highest BCUT2D eigenvalue weighted by molar-refractivity contribution is 5.83. The van der Waals surface area contributed by atoms with E-state index >= 15 is 0 Å². The zero-order valence-corrected chi connectivity index (χ0v) is 9.72. The summed E-state index contributed by atoms with van der Waals surface area (Å²) in [5.41, 5.74) is 1.66. The molecule has 1 N–H and O–H groups in total. The Morgan fingerprint density at radius 2 is 2.35 bits per heavy atom. The molecule has 1 aliphatic carbocycles. The van der Waals surface area contributed by atoms with E-state index in [1.807, 2.05) is 25.4 Å². The van der Waals surface area contributed by atoms with Gasteiger partial charge in [-0.25, -0.2) is 4.98 Å². The van der Waals surface area contributed by atoms with Crippen molar-refractivity contribution in [2.45, 2.75) is 24.9 Å². The quantitative estimate of drug-likeness (QED) is 0.850. The van der Waals surface area contributed by atoms with E-state index in [2.05, 4.69) is 20.9 Å². The Labute approximate surface area is 99.9 Å². The number of pyridine rings is 1. The van der Waals surface area contributed by atoms with Gasteiger partial charge in [0.05, 0.1) is 5.56 Å². The SMILES string of the molecule is CNC1CC(n2cc(C#N)c3cccnc32)C1. The predicted octanol–water partition coefficient (Wildman–Crippen LogP) is 1.83. The Balaban J connectivity index is 2.03. The summed E-state index contributed by atoms with van der Waals surface area (Å²) in [6, 6.07) is 7.17. The molecule has 0 saturated heterocycles. The molecule has 0 amide bonds. The fourth-order valence-electron chi connectivity index (χ4n) is 2.50. The molecular formula is C13H14N4. The summed E-state index contributed by atoms with van der Waals surface area (Å²) < 4.78 is 2.15. The lowest BCUT2D eigenvalue weighted by Gasteiger charge is -2.36. The molecule has 0 unspecified atom stereocenters. The van der Waals surface area contributed by atoms with Crippen molar-refractivity contribution in [2.24, 2.45) is 0 Å². The molecule has 2 aromatic heterocycles. The van der Waals surface area contributed by atoms with Crippen molar-refractivity contribution in [1.82, 2.24) is 14.9 Å². The van der Waals surface area contributed by atoms with Crippen molar-refractivity contribution < 1.29 is 0 Å². The van der Waals surface area contributed by atoms with E-state index < -0.39 is 0 Å². The van der Waals surface area contributed by atoms with Gasteiger partial charge in [0.1, 0.15) is 11.7 Å². The Bertz CT molecular complexity index is 587. The van der Waals surface area contributed by atoms with Gasteiger partial charge in [0.15, 0.2) is 0 Å². The molecule has 4 heteroatoms. The Hall–Kier alpha value is -1.86. The highest BCUT2D eigenvalue weighted by atomic mass is 15.1. The van der Waals surface area contributed by atoms with E-state index in [1.165, 1.54) is 0 Å². The van der Waals surface area contributed by atoms with Gasteiger partial charge in [-0.3, -0.25) is 0 Å². The summed E-state index contributed by atoms with van der Waals surface area (Å²) in [6.45, 7) is 0. The van der Waals surface area contributed by atoms with Crippen LogP contribution in [0.1, 0.15) is 24.4 Å². The molecule has 2 heterocycles. The lowest BCUT2D eigenvalue weighted by Crippen LogP contribution is -2.40. The average molecular weight is 226 g/mol. The normalized spacial score (nSPS) is 23.3. The maximum absolute atomic E-state index is 9.12. The minimum Gasteiger partial charge on any atom is -0.328 e. The second kappa shape index (κ2) is 3.86. The number of aromatic nitrogens is 2. The number of hydrogen-bond donors (Lipinski definition) is 1. The maximum Gasteiger partial charge on any atom is 0.141 e. The molecule has 1 saturated carbocycles. The molecule has 0 bridgehead atoms. The summed E-state index contributed by atoms with van der Waals surface area (Å²) in [6.07, 6.45) is 5.95. The summed E-state index contributed by atoms with van der Waals surface area (Å²) >= 11 is 0. The summed E-state index contributed by atoms with van der Waals surface area (Å²) in [7, 11) is 1.99. The van der Waals surface area contributed by atoms with Crippen molar-refractivity contribution in [3.05, 3.63) is 30.1 Å². The average Bonchev–Trinajstić information content (AvgIpc) is 2.67. The number of nitrogens with zero attached hydrogens (tertiary/aromatic N) is 3. The summed E-state index contributed by atoms with van der Waals surface area (Å²) in [5, 5.41) is 13.3. The standard InChI is InChI=1S/C13H14N4/c1-15-10-5-11(6-10)17-8-9(7-14)12-3-2-4-16-13(12)17/h2-4,8,10-11,15H,5-6H2,1H3. The third kappa shape index (κ3) is 1.51. The van der Waals surface area contributed by atoms with Crippen LogP contribution in [0.25, 0.3) is 11.0 Å².